The molecule has 1 unspecified atom stereocenters. The van der Waals surface area contributed by atoms with Crippen molar-refractivity contribution in [2.24, 2.45) is 0 Å². The van der Waals surface area contributed by atoms with Crippen molar-refractivity contribution in [3.63, 3.8) is 0 Å². The molecule has 2 aromatic rings. The number of halogens is 3. The summed E-state index contributed by atoms with van der Waals surface area (Å²) in [6.45, 7) is 1.38. The Balaban J connectivity index is 2.03. The average molecular weight is 381 g/mol. The van der Waals surface area contributed by atoms with Crippen LogP contribution in [-0.2, 0) is 11.0 Å². The number of hydrogen-bond acceptors (Lipinski definition) is 3. The van der Waals surface area contributed by atoms with Crippen LogP contribution in [-0.4, -0.2) is 44.8 Å². The molecule has 3 rings (SSSR count). The van der Waals surface area contributed by atoms with Crippen molar-refractivity contribution in [3.05, 3.63) is 47.3 Å². The van der Waals surface area contributed by atoms with E-state index in [-0.39, 0.29) is 17.2 Å². The minimum Gasteiger partial charge on any atom is -0.480 e. The lowest BCUT2D eigenvalue weighted by molar-refractivity contribution is -0.141. The maximum absolute atomic E-state index is 13.0. The summed E-state index contributed by atoms with van der Waals surface area (Å²) in [6.07, 6.45) is -1.60. The molecule has 1 atom stereocenters. The van der Waals surface area contributed by atoms with Crippen LogP contribution in [0.4, 0.5) is 13.2 Å². The van der Waals surface area contributed by atoms with E-state index in [9.17, 15) is 22.8 Å². The van der Waals surface area contributed by atoms with E-state index >= 15 is 0 Å². The summed E-state index contributed by atoms with van der Waals surface area (Å²) in [5, 5.41) is 13.2. The molecule has 27 heavy (non-hydrogen) atoms. The highest BCUT2D eigenvalue weighted by atomic mass is 19.4. The topological polar surface area (TPSA) is 75.4 Å². The predicted molar refractivity (Wildman–Crippen MR) is 89.7 cm³/mol. The molecular formula is C18H18F3N3O3. The third kappa shape index (κ3) is 3.67. The molecular weight excluding hydrogens is 363 g/mol. The van der Waals surface area contributed by atoms with Gasteiger partial charge in [-0.1, -0.05) is 6.07 Å². The number of amides is 1. The van der Waals surface area contributed by atoms with E-state index in [1.54, 1.807) is 0 Å². The van der Waals surface area contributed by atoms with Gasteiger partial charge in [-0.25, -0.2) is 9.48 Å². The second kappa shape index (κ2) is 6.71. The Bertz CT molecular complexity index is 887. The summed E-state index contributed by atoms with van der Waals surface area (Å²) in [5.41, 5.74) is 0.135. The summed E-state index contributed by atoms with van der Waals surface area (Å²) in [7, 11) is 1.37. The first-order valence-electron chi connectivity index (χ1n) is 8.36. The van der Waals surface area contributed by atoms with E-state index in [1.807, 2.05) is 0 Å². The van der Waals surface area contributed by atoms with Crippen molar-refractivity contribution in [2.45, 2.75) is 37.9 Å². The second-order valence-corrected chi connectivity index (χ2v) is 6.61. The molecule has 1 N–H and O–H groups in total. The number of benzene rings is 1. The number of rotatable bonds is 5. The van der Waals surface area contributed by atoms with Crippen molar-refractivity contribution in [3.8, 4) is 5.69 Å². The van der Waals surface area contributed by atoms with Crippen molar-refractivity contribution in [1.29, 1.82) is 0 Å². The lowest BCUT2D eigenvalue weighted by Gasteiger charge is -2.21. The van der Waals surface area contributed by atoms with Gasteiger partial charge in [-0.3, -0.25) is 4.79 Å². The van der Waals surface area contributed by atoms with Crippen molar-refractivity contribution >= 4 is 11.9 Å². The number of carbonyl (C=O) groups excluding carboxylic acids is 1. The van der Waals surface area contributed by atoms with Crippen molar-refractivity contribution in [1.82, 2.24) is 14.7 Å². The molecule has 0 saturated heterocycles. The minimum atomic E-state index is -4.49. The molecule has 6 nitrogen and oxygen atoms in total. The van der Waals surface area contributed by atoms with Crippen molar-refractivity contribution < 1.29 is 27.9 Å². The normalized spacial score (nSPS) is 15.4. The summed E-state index contributed by atoms with van der Waals surface area (Å²) in [5.74, 6) is -1.66. The van der Waals surface area contributed by atoms with Crippen molar-refractivity contribution in [2.75, 3.05) is 7.05 Å². The Hall–Kier alpha value is -2.84. The lowest BCUT2D eigenvalue weighted by Crippen LogP contribution is -2.40. The first kappa shape index (κ1) is 18.9. The Labute approximate surface area is 153 Å². The number of carboxylic acid groups (broad SMARTS) is 1. The van der Waals surface area contributed by atoms with E-state index in [0.717, 1.165) is 29.9 Å². The van der Waals surface area contributed by atoms with Gasteiger partial charge in [0, 0.05) is 13.0 Å². The van der Waals surface area contributed by atoms with Gasteiger partial charge in [0.15, 0.2) is 0 Å². The molecule has 1 saturated carbocycles. The largest absolute Gasteiger partial charge is 0.480 e. The minimum absolute atomic E-state index is 0.00882. The third-order valence-corrected chi connectivity index (χ3v) is 4.68. The van der Waals surface area contributed by atoms with Gasteiger partial charge in [-0.05, 0) is 38.0 Å². The van der Waals surface area contributed by atoms with Crippen LogP contribution in [0, 0.1) is 0 Å². The molecule has 144 valence electrons. The molecule has 1 amide bonds. The van der Waals surface area contributed by atoms with E-state index < -0.39 is 29.7 Å². The fourth-order valence-corrected chi connectivity index (χ4v) is 2.82. The SMILES string of the molecule is CC(C(=O)O)N(C)C(=O)c1cnn(-c2cccc(C(F)(F)F)c2)c1C1CC1. The zero-order valence-electron chi connectivity index (χ0n) is 14.7. The molecule has 1 aromatic heterocycles. The quantitative estimate of drug-likeness (QED) is 0.862. The zero-order chi connectivity index (χ0) is 19.9. The number of nitrogens with zero attached hydrogens (tertiary/aromatic N) is 3. The van der Waals surface area contributed by atoms with Crippen LogP contribution in [0.2, 0.25) is 0 Å². The van der Waals surface area contributed by atoms with E-state index in [4.69, 9.17) is 5.11 Å². The molecule has 1 fully saturated rings. The van der Waals surface area contributed by atoms with Crippen LogP contribution < -0.4 is 0 Å². The van der Waals surface area contributed by atoms with Gasteiger partial charge >= 0.3 is 12.1 Å². The number of alkyl halides is 3. The Morgan fingerprint density at radius 1 is 1.33 bits per heavy atom. The van der Waals surface area contributed by atoms with Crippen LogP contribution in [0.15, 0.2) is 30.5 Å². The molecule has 9 heteroatoms. The first-order chi connectivity index (χ1) is 12.6. The lowest BCUT2D eigenvalue weighted by atomic mass is 10.1. The maximum Gasteiger partial charge on any atom is 0.416 e. The molecule has 0 aliphatic heterocycles. The molecule has 1 aromatic carbocycles. The zero-order valence-corrected chi connectivity index (χ0v) is 14.7. The average Bonchev–Trinajstić information content (AvgIpc) is 3.37. The van der Waals surface area contributed by atoms with Gasteiger partial charge in [-0.2, -0.15) is 18.3 Å². The number of carboxylic acids is 1. The Kier molecular flexibility index (Phi) is 4.71. The van der Waals surface area contributed by atoms with Gasteiger partial charge in [0.2, 0.25) is 0 Å². The van der Waals surface area contributed by atoms with Crippen LogP contribution in [0.1, 0.15) is 47.3 Å². The highest BCUT2D eigenvalue weighted by molar-refractivity contribution is 5.97. The van der Waals surface area contributed by atoms with Gasteiger partial charge < -0.3 is 10.0 Å². The van der Waals surface area contributed by atoms with Gasteiger partial charge in [0.1, 0.15) is 6.04 Å². The molecule has 0 radical (unpaired) electrons. The fourth-order valence-electron chi connectivity index (χ4n) is 2.82. The number of carbonyl (C=O) groups is 2. The molecule has 0 bridgehead atoms. The summed E-state index contributed by atoms with van der Waals surface area (Å²) in [6, 6.07) is 3.69. The third-order valence-electron chi connectivity index (χ3n) is 4.68. The standard InChI is InChI=1S/C18H18F3N3O3/c1-10(17(26)27)23(2)16(25)14-9-22-24(15(14)11-6-7-11)13-5-3-4-12(8-13)18(19,20)21/h3-5,8-11H,6-7H2,1-2H3,(H,26,27). The smallest absolute Gasteiger partial charge is 0.416 e. The van der Waals surface area contributed by atoms with Gasteiger partial charge in [0.25, 0.3) is 5.91 Å². The predicted octanol–water partition coefficient (Wildman–Crippen LogP) is 3.31. The van der Waals surface area contributed by atoms with Crippen LogP contribution >= 0.6 is 0 Å². The Morgan fingerprint density at radius 2 is 2.00 bits per heavy atom. The van der Waals surface area contributed by atoms with Gasteiger partial charge in [0.05, 0.1) is 28.7 Å². The number of likely N-dealkylation sites (N-methyl/N-ethyl adjacent to an activating group) is 1. The Morgan fingerprint density at radius 3 is 2.56 bits per heavy atom. The van der Waals surface area contributed by atoms with Crippen LogP contribution in [0.3, 0.4) is 0 Å². The van der Waals surface area contributed by atoms with Crippen LogP contribution in [0.25, 0.3) is 5.69 Å². The summed E-state index contributed by atoms with van der Waals surface area (Å²) < 4.78 is 40.4. The van der Waals surface area contributed by atoms with E-state index in [2.05, 4.69) is 5.10 Å². The van der Waals surface area contributed by atoms with Crippen LogP contribution in [0.5, 0.6) is 0 Å². The molecule has 1 aliphatic carbocycles. The van der Waals surface area contributed by atoms with E-state index in [0.29, 0.717) is 5.69 Å². The van der Waals surface area contributed by atoms with Gasteiger partial charge in [-0.15, -0.1) is 0 Å². The molecule has 0 spiro atoms. The number of aliphatic carboxylic acids is 1. The number of aromatic nitrogens is 2. The first-order valence-corrected chi connectivity index (χ1v) is 8.36. The highest BCUT2D eigenvalue weighted by Gasteiger charge is 2.36. The number of hydrogen-bond donors (Lipinski definition) is 1. The fraction of sp³-hybridized carbons (Fsp3) is 0.389. The summed E-state index contributed by atoms with van der Waals surface area (Å²) >= 11 is 0. The molecule has 1 aliphatic rings. The molecule has 1 heterocycles. The second-order valence-electron chi connectivity index (χ2n) is 6.61. The highest BCUT2D eigenvalue weighted by Crippen LogP contribution is 2.43. The monoisotopic (exact) mass is 381 g/mol. The maximum atomic E-state index is 13.0. The van der Waals surface area contributed by atoms with E-state index in [1.165, 1.54) is 37.0 Å². The summed E-state index contributed by atoms with van der Waals surface area (Å²) in [4.78, 5) is 25.0.